The summed E-state index contributed by atoms with van der Waals surface area (Å²) < 4.78 is 0. The first kappa shape index (κ1) is 21.0. The summed E-state index contributed by atoms with van der Waals surface area (Å²) in [6.45, 7) is 2.44. The van der Waals surface area contributed by atoms with E-state index in [2.05, 4.69) is 27.2 Å². The van der Waals surface area contributed by atoms with Crippen molar-refractivity contribution in [3.05, 3.63) is 35.9 Å². The maximum absolute atomic E-state index is 12.3. The molecule has 0 unspecified atom stereocenters. The quantitative estimate of drug-likeness (QED) is 0.369. The minimum atomic E-state index is -0.591. The molecule has 1 atom stereocenters. The molecule has 0 saturated heterocycles. The Morgan fingerprint density at radius 1 is 1.08 bits per heavy atom. The van der Waals surface area contributed by atoms with Crippen LogP contribution in [0.1, 0.15) is 31.7 Å². The number of carbonyl (C=O) groups excluding carboxylic acids is 3. The maximum atomic E-state index is 12.3. The molecule has 4 N–H and O–H groups in total. The van der Waals surface area contributed by atoms with Crippen LogP contribution in [0.5, 0.6) is 0 Å². The first-order chi connectivity index (χ1) is 12.5. The molecule has 4 amide bonds. The molecule has 0 aliphatic heterocycles. The van der Waals surface area contributed by atoms with Crippen molar-refractivity contribution < 1.29 is 14.4 Å². The highest BCUT2D eigenvalue weighted by Crippen LogP contribution is 2.03. The molecule has 0 aliphatic carbocycles. The van der Waals surface area contributed by atoms with Gasteiger partial charge in [-0.25, -0.2) is 4.79 Å². The zero-order chi connectivity index (χ0) is 19.2. The Balaban J connectivity index is 2.34. The Kier molecular flexibility index (Phi) is 10.0. The van der Waals surface area contributed by atoms with Crippen LogP contribution in [0, 0.1) is 12.3 Å². The van der Waals surface area contributed by atoms with Crippen LogP contribution >= 0.6 is 0 Å². The molecule has 7 heteroatoms. The Bertz CT molecular complexity index is 625. The lowest BCUT2D eigenvalue weighted by atomic mass is 10.1. The van der Waals surface area contributed by atoms with Gasteiger partial charge in [0, 0.05) is 20.0 Å². The van der Waals surface area contributed by atoms with Crippen LogP contribution in [0.4, 0.5) is 4.79 Å². The van der Waals surface area contributed by atoms with Gasteiger partial charge in [0.1, 0.15) is 6.04 Å². The summed E-state index contributed by atoms with van der Waals surface area (Å²) in [5, 5.41) is 10.7. The lowest BCUT2D eigenvalue weighted by molar-refractivity contribution is -0.128. The predicted molar refractivity (Wildman–Crippen MR) is 100.0 cm³/mol. The summed E-state index contributed by atoms with van der Waals surface area (Å²) in [6.07, 6.45) is 6.91. The molecular weight excluding hydrogens is 332 g/mol. The van der Waals surface area contributed by atoms with Gasteiger partial charge in [0.15, 0.2) is 0 Å². The Morgan fingerprint density at radius 3 is 2.46 bits per heavy atom. The van der Waals surface area contributed by atoms with Gasteiger partial charge in [-0.05, 0) is 24.8 Å². The van der Waals surface area contributed by atoms with Gasteiger partial charge >= 0.3 is 6.03 Å². The topological polar surface area (TPSA) is 99.3 Å². The molecule has 1 aromatic rings. The van der Waals surface area contributed by atoms with Gasteiger partial charge in [-0.15, -0.1) is 6.42 Å². The van der Waals surface area contributed by atoms with Crippen molar-refractivity contribution in [1.29, 1.82) is 0 Å². The zero-order valence-corrected chi connectivity index (χ0v) is 15.0. The lowest BCUT2D eigenvalue weighted by Gasteiger charge is -2.17. The molecule has 140 valence electrons. The molecule has 1 rings (SSSR count). The Morgan fingerprint density at radius 2 is 1.81 bits per heavy atom. The normalized spacial score (nSPS) is 10.9. The lowest BCUT2D eigenvalue weighted by Crippen LogP contribution is -2.45. The van der Waals surface area contributed by atoms with Crippen LogP contribution in [0.3, 0.4) is 0 Å². The Hall–Kier alpha value is -3.01. The molecule has 0 heterocycles. The molecule has 0 fully saturated rings. The van der Waals surface area contributed by atoms with E-state index in [4.69, 9.17) is 6.42 Å². The molecule has 0 aliphatic rings. The fraction of sp³-hybridized carbons (Fsp3) is 0.421. The van der Waals surface area contributed by atoms with Crippen LogP contribution in [0.15, 0.2) is 30.3 Å². The van der Waals surface area contributed by atoms with Crippen molar-refractivity contribution >= 4 is 17.8 Å². The van der Waals surface area contributed by atoms with E-state index in [0.717, 1.165) is 5.56 Å². The second-order valence-electron chi connectivity index (χ2n) is 5.77. The fourth-order valence-electron chi connectivity index (χ4n) is 2.29. The van der Waals surface area contributed by atoms with Crippen LogP contribution in [0.2, 0.25) is 0 Å². The molecule has 0 saturated carbocycles. The summed E-state index contributed by atoms with van der Waals surface area (Å²) in [5.74, 6) is 1.84. The number of hydrogen-bond donors (Lipinski definition) is 4. The fourth-order valence-corrected chi connectivity index (χ4v) is 2.29. The van der Waals surface area contributed by atoms with E-state index in [-0.39, 0.29) is 24.4 Å². The van der Waals surface area contributed by atoms with Crippen molar-refractivity contribution in [3.63, 3.8) is 0 Å². The number of nitrogens with one attached hydrogen (secondary N) is 4. The third kappa shape index (κ3) is 9.33. The van der Waals surface area contributed by atoms with E-state index in [0.29, 0.717) is 32.4 Å². The van der Waals surface area contributed by atoms with E-state index in [1.165, 1.54) is 6.92 Å². The highest BCUT2D eigenvalue weighted by molar-refractivity contribution is 5.86. The van der Waals surface area contributed by atoms with Crippen molar-refractivity contribution in [3.8, 4) is 12.3 Å². The minimum Gasteiger partial charge on any atom is -0.350 e. The molecule has 0 spiro atoms. The summed E-state index contributed by atoms with van der Waals surface area (Å²) in [5.41, 5.74) is 0.990. The molecule has 7 nitrogen and oxygen atoms in total. The van der Waals surface area contributed by atoms with E-state index in [1.54, 1.807) is 0 Å². The zero-order valence-electron chi connectivity index (χ0n) is 15.0. The van der Waals surface area contributed by atoms with Crippen molar-refractivity contribution in [2.45, 2.75) is 38.8 Å². The number of rotatable bonds is 10. The number of carbonyl (C=O) groups is 3. The molecule has 0 radical (unpaired) electrons. The third-order valence-electron chi connectivity index (χ3n) is 3.56. The van der Waals surface area contributed by atoms with Gasteiger partial charge in [0.25, 0.3) is 0 Å². The van der Waals surface area contributed by atoms with Crippen LogP contribution in [0.25, 0.3) is 0 Å². The first-order valence-electron chi connectivity index (χ1n) is 8.57. The van der Waals surface area contributed by atoms with Gasteiger partial charge in [-0.3, -0.25) is 9.59 Å². The molecule has 1 aromatic carbocycles. The molecular formula is C19H26N4O3. The number of terminal acetylenes is 1. The average molecular weight is 358 g/mol. The van der Waals surface area contributed by atoms with E-state index in [1.807, 2.05) is 30.3 Å². The molecule has 0 bridgehead atoms. The number of unbranched alkanes of at least 4 members (excludes halogenated alkanes) is 1. The SMILES string of the molecule is C#CCNC(=O)NCCCC[C@@H](NC(C)=O)C(=O)NCc1ccccc1. The molecule has 26 heavy (non-hydrogen) atoms. The molecule has 0 aromatic heterocycles. The van der Waals surface area contributed by atoms with E-state index >= 15 is 0 Å². The standard InChI is InChI=1S/C19H26N4O3/c1-3-12-20-19(26)21-13-8-7-11-17(23-15(2)24)18(25)22-14-16-9-5-4-6-10-16/h1,4-6,9-10,17H,7-8,11-14H2,2H3,(H,22,25)(H,23,24)(H2,20,21,26)/t17-/m1/s1. The maximum Gasteiger partial charge on any atom is 0.315 e. The van der Waals surface area contributed by atoms with Gasteiger partial charge < -0.3 is 21.3 Å². The average Bonchev–Trinajstić information content (AvgIpc) is 2.63. The van der Waals surface area contributed by atoms with E-state index in [9.17, 15) is 14.4 Å². The number of amides is 4. The number of urea groups is 1. The minimum absolute atomic E-state index is 0.179. The summed E-state index contributed by atoms with van der Waals surface area (Å²) in [7, 11) is 0. The summed E-state index contributed by atoms with van der Waals surface area (Å²) in [4.78, 5) is 35.0. The van der Waals surface area contributed by atoms with Gasteiger partial charge in [0.05, 0.1) is 6.54 Å². The highest BCUT2D eigenvalue weighted by atomic mass is 16.2. The van der Waals surface area contributed by atoms with E-state index < -0.39 is 6.04 Å². The van der Waals surface area contributed by atoms with Gasteiger partial charge in [-0.1, -0.05) is 36.3 Å². The second kappa shape index (κ2) is 12.4. The van der Waals surface area contributed by atoms with Crippen LogP contribution in [-0.2, 0) is 16.1 Å². The second-order valence-corrected chi connectivity index (χ2v) is 5.77. The highest BCUT2D eigenvalue weighted by Gasteiger charge is 2.18. The monoisotopic (exact) mass is 358 g/mol. The van der Waals surface area contributed by atoms with Crippen molar-refractivity contribution in [1.82, 2.24) is 21.3 Å². The largest absolute Gasteiger partial charge is 0.350 e. The van der Waals surface area contributed by atoms with Crippen molar-refractivity contribution in [2.24, 2.45) is 0 Å². The third-order valence-corrected chi connectivity index (χ3v) is 3.56. The smallest absolute Gasteiger partial charge is 0.315 e. The van der Waals surface area contributed by atoms with Crippen molar-refractivity contribution in [2.75, 3.05) is 13.1 Å². The summed E-state index contributed by atoms with van der Waals surface area (Å²) >= 11 is 0. The number of hydrogen-bond acceptors (Lipinski definition) is 3. The van der Waals surface area contributed by atoms with Crippen LogP contribution < -0.4 is 21.3 Å². The van der Waals surface area contributed by atoms with Crippen LogP contribution in [-0.4, -0.2) is 37.0 Å². The summed E-state index contributed by atoms with van der Waals surface area (Å²) in [6, 6.07) is 8.65. The van der Waals surface area contributed by atoms with Gasteiger partial charge in [0.2, 0.25) is 11.8 Å². The van der Waals surface area contributed by atoms with Gasteiger partial charge in [-0.2, -0.15) is 0 Å². The number of benzene rings is 1. The Labute approximate surface area is 154 Å². The first-order valence-corrected chi connectivity index (χ1v) is 8.57. The predicted octanol–water partition coefficient (Wildman–Crippen LogP) is 0.910.